The lowest BCUT2D eigenvalue weighted by Gasteiger charge is -2.08. The summed E-state index contributed by atoms with van der Waals surface area (Å²) in [6, 6.07) is 15.9. The summed E-state index contributed by atoms with van der Waals surface area (Å²) in [5.41, 5.74) is 3.80. The van der Waals surface area contributed by atoms with Crippen molar-refractivity contribution in [1.29, 1.82) is 0 Å². The standard InChI is InChI=1S/C20H14ClFN2O/c21-20-19-17(11-24-18(19)8-9-23-20)14-2-1-3-16(10-14)25-12-13-4-6-15(22)7-5-13/h1-11,24H,12H2. The summed E-state index contributed by atoms with van der Waals surface area (Å²) in [6.07, 6.45) is 3.59. The molecule has 0 spiro atoms. The molecule has 2 aromatic carbocycles. The van der Waals surface area contributed by atoms with E-state index < -0.39 is 0 Å². The Kier molecular flexibility index (Phi) is 4.12. The second kappa shape index (κ2) is 6.57. The molecule has 0 aliphatic heterocycles. The average molecular weight is 353 g/mol. The second-order valence-corrected chi connectivity index (χ2v) is 6.03. The van der Waals surface area contributed by atoms with Gasteiger partial charge in [0.15, 0.2) is 0 Å². The van der Waals surface area contributed by atoms with Crippen LogP contribution in [0, 0.1) is 5.82 Å². The molecular formula is C20H14ClFN2O. The summed E-state index contributed by atoms with van der Waals surface area (Å²) in [5.74, 6) is 0.478. The SMILES string of the molecule is Fc1ccc(COc2cccc(-c3c[nH]c4ccnc(Cl)c34)c2)cc1. The first-order valence-electron chi connectivity index (χ1n) is 7.80. The van der Waals surface area contributed by atoms with Gasteiger partial charge in [-0.15, -0.1) is 0 Å². The third kappa shape index (κ3) is 3.21. The topological polar surface area (TPSA) is 37.9 Å². The van der Waals surface area contributed by atoms with Gasteiger partial charge >= 0.3 is 0 Å². The number of hydrogen-bond acceptors (Lipinski definition) is 2. The van der Waals surface area contributed by atoms with Gasteiger partial charge in [-0.05, 0) is 41.5 Å². The largest absolute Gasteiger partial charge is 0.489 e. The van der Waals surface area contributed by atoms with E-state index in [1.54, 1.807) is 18.3 Å². The maximum absolute atomic E-state index is 13.0. The number of benzene rings is 2. The second-order valence-electron chi connectivity index (χ2n) is 5.67. The molecule has 0 unspecified atom stereocenters. The van der Waals surface area contributed by atoms with Gasteiger partial charge in [0.25, 0.3) is 0 Å². The molecular weight excluding hydrogens is 339 g/mol. The molecule has 2 aromatic heterocycles. The highest BCUT2D eigenvalue weighted by Crippen LogP contribution is 2.34. The third-order valence-electron chi connectivity index (χ3n) is 4.01. The van der Waals surface area contributed by atoms with Gasteiger partial charge in [-0.2, -0.15) is 0 Å². The summed E-state index contributed by atoms with van der Waals surface area (Å²) in [6.45, 7) is 0.375. The Morgan fingerprint density at radius 2 is 1.92 bits per heavy atom. The summed E-state index contributed by atoms with van der Waals surface area (Å²) in [5, 5.41) is 1.35. The van der Waals surface area contributed by atoms with Crippen LogP contribution in [0.2, 0.25) is 5.15 Å². The van der Waals surface area contributed by atoms with Crippen LogP contribution in [0.25, 0.3) is 22.0 Å². The molecule has 5 heteroatoms. The number of pyridine rings is 1. The normalized spacial score (nSPS) is 11.0. The van der Waals surface area contributed by atoms with Crippen LogP contribution in [0.4, 0.5) is 4.39 Å². The average Bonchev–Trinajstić information content (AvgIpc) is 3.07. The molecule has 0 saturated carbocycles. The Morgan fingerprint density at radius 1 is 1.08 bits per heavy atom. The summed E-state index contributed by atoms with van der Waals surface area (Å²) < 4.78 is 18.8. The minimum absolute atomic E-state index is 0.254. The number of nitrogens with one attached hydrogen (secondary N) is 1. The highest BCUT2D eigenvalue weighted by Gasteiger charge is 2.11. The number of aromatic nitrogens is 2. The highest BCUT2D eigenvalue weighted by atomic mass is 35.5. The van der Waals surface area contributed by atoms with E-state index in [9.17, 15) is 4.39 Å². The van der Waals surface area contributed by atoms with Crippen LogP contribution >= 0.6 is 11.6 Å². The quantitative estimate of drug-likeness (QED) is 0.485. The Morgan fingerprint density at radius 3 is 2.76 bits per heavy atom. The Balaban J connectivity index is 1.61. The maximum Gasteiger partial charge on any atom is 0.138 e. The van der Waals surface area contributed by atoms with Crippen molar-refractivity contribution in [3.8, 4) is 16.9 Å². The van der Waals surface area contributed by atoms with E-state index in [0.717, 1.165) is 33.3 Å². The predicted molar refractivity (Wildman–Crippen MR) is 97.3 cm³/mol. The van der Waals surface area contributed by atoms with Crippen molar-refractivity contribution in [2.75, 3.05) is 0 Å². The Labute approximate surface area is 149 Å². The molecule has 0 aliphatic rings. The molecule has 0 atom stereocenters. The fraction of sp³-hybridized carbons (Fsp3) is 0.0500. The van der Waals surface area contributed by atoms with Gasteiger partial charge in [-0.1, -0.05) is 35.9 Å². The highest BCUT2D eigenvalue weighted by molar-refractivity contribution is 6.35. The van der Waals surface area contributed by atoms with Gasteiger partial charge in [0.05, 0.1) is 5.52 Å². The van der Waals surface area contributed by atoms with Gasteiger partial charge in [0, 0.05) is 23.3 Å². The van der Waals surface area contributed by atoms with E-state index in [-0.39, 0.29) is 5.82 Å². The minimum atomic E-state index is -0.254. The minimum Gasteiger partial charge on any atom is -0.489 e. The molecule has 0 aliphatic carbocycles. The molecule has 3 nitrogen and oxygen atoms in total. The molecule has 0 fully saturated rings. The zero-order chi connectivity index (χ0) is 17.2. The number of fused-ring (bicyclic) bond motifs is 1. The van der Waals surface area contributed by atoms with Gasteiger partial charge in [0.2, 0.25) is 0 Å². The molecule has 4 aromatic rings. The molecule has 2 heterocycles. The van der Waals surface area contributed by atoms with Gasteiger partial charge in [-0.25, -0.2) is 9.37 Å². The molecule has 4 rings (SSSR count). The molecule has 0 amide bonds. The molecule has 124 valence electrons. The zero-order valence-electron chi connectivity index (χ0n) is 13.2. The van der Waals surface area contributed by atoms with Crippen LogP contribution in [0.1, 0.15) is 5.56 Å². The number of H-pyrrole nitrogens is 1. The van der Waals surface area contributed by atoms with E-state index in [0.29, 0.717) is 11.8 Å². The van der Waals surface area contributed by atoms with E-state index in [4.69, 9.17) is 16.3 Å². The van der Waals surface area contributed by atoms with Crippen molar-refractivity contribution >= 4 is 22.5 Å². The first kappa shape index (κ1) is 15.7. The van der Waals surface area contributed by atoms with Crippen molar-refractivity contribution in [3.05, 3.63) is 83.5 Å². The van der Waals surface area contributed by atoms with Crippen molar-refractivity contribution in [3.63, 3.8) is 0 Å². The van der Waals surface area contributed by atoms with Crippen LogP contribution in [0.15, 0.2) is 67.0 Å². The smallest absolute Gasteiger partial charge is 0.138 e. The zero-order valence-corrected chi connectivity index (χ0v) is 13.9. The predicted octanol–water partition coefficient (Wildman–Crippen LogP) is 5.60. The van der Waals surface area contributed by atoms with Gasteiger partial charge in [-0.3, -0.25) is 0 Å². The summed E-state index contributed by atoms with van der Waals surface area (Å²) in [7, 11) is 0. The van der Waals surface area contributed by atoms with Crippen molar-refractivity contribution in [1.82, 2.24) is 9.97 Å². The first-order chi connectivity index (χ1) is 12.2. The Bertz CT molecular complexity index is 1030. The van der Waals surface area contributed by atoms with Crippen LogP contribution in [-0.4, -0.2) is 9.97 Å². The van der Waals surface area contributed by atoms with Gasteiger partial charge in [0.1, 0.15) is 23.3 Å². The molecule has 0 saturated heterocycles. The number of halogens is 2. The molecule has 25 heavy (non-hydrogen) atoms. The summed E-state index contributed by atoms with van der Waals surface area (Å²) >= 11 is 6.25. The fourth-order valence-corrected chi connectivity index (χ4v) is 3.02. The number of hydrogen-bond donors (Lipinski definition) is 1. The lowest BCUT2D eigenvalue weighted by atomic mass is 10.1. The third-order valence-corrected chi connectivity index (χ3v) is 4.30. The van der Waals surface area contributed by atoms with Crippen molar-refractivity contribution in [2.24, 2.45) is 0 Å². The molecule has 0 bridgehead atoms. The Hall–Kier alpha value is -2.85. The van der Waals surface area contributed by atoms with Crippen molar-refractivity contribution in [2.45, 2.75) is 6.61 Å². The fourth-order valence-electron chi connectivity index (χ4n) is 2.76. The maximum atomic E-state index is 13.0. The number of rotatable bonds is 4. The van der Waals surface area contributed by atoms with E-state index in [2.05, 4.69) is 9.97 Å². The van der Waals surface area contributed by atoms with Crippen LogP contribution in [0.3, 0.4) is 0 Å². The number of ether oxygens (including phenoxy) is 1. The molecule has 0 radical (unpaired) electrons. The lowest BCUT2D eigenvalue weighted by molar-refractivity contribution is 0.306. The van der Waals surface area contributed by atoms with E-state index in [1.165, 1.54) is 12.1 Å². The van der Waals surface area contributed by atoms with Crippen LogP contribution < -0.4 is 4.74 Å². The first-order valence-corrected chi connectivity index (χ1v) is 8.18. The van der Waals surface area contributed by atoms with Crippen molar-refractivity contribution < 1.29 is 9.13 Å². The van der Waals surface area contributed by atoms with E-state index >= 15 is 0 Å². The van der Waals surface area contributed by atoms with E-state index in [1.807, 2.05) is 36.5 Å². The van der Waals surface area contributed by atoms with Gasteiger partial charge < -0.3 is 9.72 Å². The van der Waals surface area contributed by atoms with Crippen LogP contribution in [-0.2, 0) is 6.61 Å². The lowest BCUT2D eigenvalue weighted by Crippen LogP contribution is -1.95. The summed E-state index contributed by atoms with van der Waals surface area (Å²) in [4.78, 5) is 7.36. The molecule has 1 N–H and O–H groups in total. The number of aromatic amines is 1. The van der Waals surface area contributed by atoms with Crippen LogP contribution in [0.5, 0.6) is 5.75 Å². The number of nitrogens with zero attached hydrogens (tertiary/aromatic N) is 1. The monoisotopic (exact) mass is 352 g/mol.